The van der Waals surface area contributed by atoms with E-state index < -0.39 is 11.7 Å². The summed E-state index contributed by atoms with van der Waals surface area (Å²) in [4.78, 5) is 37.9. The van der Waals surface area contributed by atoms with Crippen LogP contribution in [-0.2, 0) is 9.63 Å². The first-order chi connectivity index (χ1) is 17.9. The van der Waals surface area contributed by atoms with Gasteiger partial charge in [0.05, 0.1) is 28.8 Å². The summed E-state index contributed by atoms with van der Waals surface area (Å²) in [6, 6.07) is 13.1. The number of nitrogens with zero attached hydrogens (tertiary/aromatic N) is 7. The Bertz CT molecular complexity index is 1490. The molecule has 11 heteroatoms. The van der Waals surface area contributed by atoms with Crippen molar-refractivity contribution in [3.8, 4) is 11.4 Å². The molecule has 2 N–H and O–H groups in total. The van der Waals surface area contributed by atoms with E-state index >= 15 is 0 Å². The molecule has 0 radical (unpaired) electrons. The van der Waals surface area contributed by atoms with E-state index in [1.807, 2.05) is 60.1 Å². The number of oxime groups is 1. The summed E-state index contributed by atoms with van der Waals surface area (Å²) in [5, 5.41) is 18.4. The fourth-order valence-corrected chi connectivity index (χ4v) is 4.70. The van der Waals surface area contributed by atoms with Crippen LogP contribution in [0.1, 0.15) is 37.2 Å². The second-order valence-electron chi connectivity index (χ2n) is 9.41. The molecule has 1 amide bonds. The maximum Gasteiger partial charge on any atom is 0.258 e. The number of likely N-dealkylation sites (tertiary alicyclic amines) is 1. The highest BCUT2D eigenvalue weighted by Gasteiger charge is 2.53. The molecular formula is C26H26N8O3. The molecule has 6 heterocycles. The summed E-state index contributed by atoms with van der Waals surface area (Å²) in [5.41, 5.74) is 2.66. The standard InChI is InChI=1S/C26H26N8O3/c1-16(21-15-34-12-4-3-8-23(34)30-21)28-25-27-11-9-19(31-25)17-6-5-7-18(29-17)20-14-22(37-32-20)26(36)10-13-33(2)24(26)35/h3-9,11-12,15-16,22,36H,10,13-14H2,1-2H3,(H,27,28,31)/t16-,22?,26-/m1/s1. The number of likely N-dealkylation sites (N-methyl/N-ethyl adjacent to an activating group) is 1. The average molecular weight is 499 g/mol. The number of amides is 1. The molecule has 3 atom stereocenters. The van der Waals surface area contributed by atoms with Crippen LogP contribution in [0.15, 0.2) is 66.2 Å². The summed E-state index contributed by atoms with van der Waals surface area (Å²) in [6.07, 6.45) is 5.49. The van der Waals surface area contributed by atoms with Gasteiger partial charge in [-0.05, 0) is 37.3 Å². The molecule has 0 saturated carbocycles. The first kappa shape index (κ1) is 23.0. The summed E-state index contributed by atoms with van der Waals surface area (Å²) in [5.74, 6) is 0.122. The second kappa shape index (κ2) is 8.93. The Morgan fingerprint density at radius 3 is 2.76 bits per heavy atom. The third-order valence-electron chi connectivity index (χ3n) is 6.88. The number of rotatable bonds is 6. The molecule has 1 saturated heterocycles. The SMILES string of the molecule is C[C@@H](Nc1nccc(-c2cccc(C3=NOC([C@]4(O)CCN(C)C4=O)C3)n2)n1)c1cn2ccccc2n1. The van der Waals surface area contributed by atoms with Crippen LogP contribution < -0.4 is 5.32 Å². The number of carbonyl (C=O) groups is 1. The number of hydrogen-bond acceptors (Lipinski definition) is 9. The molecular weight excluding hydrogens is 472 g/mol. The van der Waals surface area contributed by atoms with Gasteiger partial charge in [-0.2, -0.15) is 0 Å². The Morgan fingerprint density at radius 1 is 1.11 bits per heavy atom. The Balaban J connectivity index is 1.18. The van der Waals surface area contributed by atoms with Crippen molar-refractivity contribution in [3.05, 3.63) is 72.4 Å². The summed E-state index contributed by atoms with van der Waals surface area (Å²) >= 11 is 0. The van der Waals surface area contributed by atoms with Gasteiger partial charge in [-0.3, -0.25) is 4.79 Å². The molecule has 0 bridgehead atoms. The molecule has 188 valence electrons. The highest BCUT2D eigenvalue weighted by molar-refractivity contribution is 6.01. The lowest BCUT2D eigenvalue weighted by atomic mass is 9.91. The molecule has 11 nitrogen and oxygen atoms in total. The van der Waals surface area contributed by atoms with Crippen molar-refractivity contribution in [1.82, 2.24) is 29.2 Å². The zero-order valence-electron chi connectivity index (χ0n) is 20.4. The number of pyridine rings is 2. The molecule has 0 aliphatic carbocycles. The van der Waals surface area contributed by atoms with Crippen molar-refractivity contribution in [1.29, 1.82) is 0 Å². The highest BCUT2D eigenvalue weighted by atomic mass is 16.7. The monoisotopic (exact) mass is 498 g/mol. The van der Waals surface area contributed by atoms with Crippen LogP contribution in [0.25, 0.3) is 17.0 Å². The Hall–Kier alpha value is -4.38. The number of nitrogens with one attached hydrogen (secondary N) is 1. The quantitative estimate of drug-likeness (QED) is 0.415. The molecule has 0 spiro atoms. The predicted octanol–water partition coefficient (Wildman–Crippen LogP) is 2.45. The zero-order valence-corrected chi connectivity index (χ0v) is 20.4. The molecule has 0 aromatic carbocycles. The van der Waals surface area contributed by atoms with Gasteiger partial charge in [0.15, 0.2) is 11.7 Å². The fraction of sp³-hybridized carbons (Fsp3) is 0.308. The van der Waals surface area contributed by atoms with Gasteiger partial charge < -0.3 is 24.6 Å². The van der Waals surface area contributed by atoms with Gasteiger partial charge >= 0.3 is 0 Å². The first-order valence-electron chi connectivity index (χ1n) is 12.1. The minimum absolute atomic E-state index is 0.112. The molecule has 37 heavy (non-hydrogen) atoms. The summed E-state index contributed by atoms with van der Waals surface area (Å²) in [6.45, 7) is 2.49. The zero-order chi connectivity index (χ0) is 25.6. The van der Waals surface area contributed by atoms with E-state index in [0.717, 1.165) is 11.3 Å². The average Bonchev–Trinajstić information content (AvgIpc) is 3.65. The van der Waals surface area contributed by atoms with Crippen molar-refractivity contribution in [2.24, 2.45) is 5.16 Å². The highest BCUT2D eigenvalue weighted by Crippen LogP contribution is 2.33. The normalized spacial score (nSPS) is 22.2. The molecule has 4 aromatic rings. The van der Waals surface area contributed by atoms with E-state index in [0.29, 0.717) is 48.1 Å². The molecule has 1 fully saturated rings. The van der Waals surface area contributed by atoms with Gasteiger partial charge in [0.25, 0.3) is 5.91 Å². The Kier molecular flexibility index (Phi) is 5.56. The third kappa shape index (κ3) is 4.16. The smallest absolute Gasteiger partial charge is 0.258 e. The number of carbonyl (C=O) groups excluding carboxylic acids is 1. The maximum atomic E-state index is 12.4. The number of aromatic nitrogens is 5. The van der Waals surface area contributed by atoms with Gasteiger partial charge in [-0.1, -0.05) is 17.3 Å². The van der Waals surface area contributed by atoms with Crippen molar-refractivity contribution in [2.45, 2.75) is 37.5 Å². The van der Waals surface area contributed by atoms with Gasteiger partial charge in [-0.25, -0.2) is 19.9 Å². The predicted molar refractivity (Wildman–Crippen MR) is 136 cm³/mol. The lowest BCUT2D eigenvalue weighted by molar-refractivity contribution is -0.156. The first-order valence-corrected chi connectivity index (χ1v) is 12.1. The third-order valence-corrected chi connectivity index (χ3v) is 6.88. The van der Waals surface area contributed by atoms with E-state index in [4.69, 9.17) is 9.82 Å². The largest absolute Gasteiger partial charge is 0.388 e. The second-order valence-corrected chi connectivity index (χ2v) is 9.41. The van der Waals surface area contributed by atoms with Crippen molar-refractivity contribution >= 4 is 23.2 Å². The van der Waals surface area contributed by atoms with Gasteiger partial charge in [0.1, 0.15) is 11.4 Å². The Morgan fingerprint density at radius 2 is 1.95 bits per heavy atom. The number of fused-ring (bicyclic) bond motifs is 1. The summed E-state index contributed by atoms with van der Waals surface area (Å²) in [7, 11) is 1.67. The van der Waals surface area contributed by atoms with Crippen molar-refractivity contribution in [3.63, 3.8) is 0 Å². The number of anilines is 1. The Labute approximate surface area is 212 Å². The van der Waals surface area contributed by atoms with E-state index in [1.54, 1.807) is 19.3 Å². The molecule has 2 aliphatic heterocycles. The fourth-order valence-electron chi connectivity index (χ4n) is 4.70. The van der Waals surface area contributed by atoms with E-state index in [-0.39, 0.29) is 11.9 Å². The van der Waals surface area contributed by atoms with E-state index in [2.05, 4.69) is 25.4 Å². The van der Waals surface area contributed by atoms with Crippen molar-refractivity contribution < 1.29 is 14.7 Å². The van der Waals surface area contributed by atoms with Crippen LogP contribution >= 0.6 is 0 Å². The van der Waals surface area contributed by atoms with Crippen molar-refractivity contribution in [2.75, 3.05) is 18.9 Å². The minimum atomic E-state index is -1.57. The number of hydrogen-bond donors (Lipinski definition) is 2. The van der Waals surface area contributed by atoms with Crippen LogP contribution in [0.2, 0.25) is 0 Å². The van der Waals surface area contributed by atoms with E-state index in [9.17, 15) is 9.90 Å². The van der Waals surface area contributed by atoms with Gasteiger partial charge in [-0.15, -0.1) is 0 Å². The maximum absolute atomic E-state index is 12.4. The molecule has 6 rings (SSSR count). The van der Waals surface area contributed by atoms with Crippen LogP contribution in [0.3, 0.4) is 0 Å². The van der Waals surface area contributed by atoms with Gasteiger partial charge in [0.2, 0.25) is 5.95 Å². The number of imidazole rings is 1. The minimum Gasteiger partial charge on any atom is -0.388 e. The topological polar surface area (TPSA) is 130 Å². The lowest BCUT2D eigenvalue weighted by Crippen LogP contribution is -2.48. The molecule has 4 aromatic heterocycles. The summed E-state index contributed by atoms with van der Waals surface area (Å²) < 4.78 is 1.97. The number of aliphatic hydroxyl groups is 1. The van der Waals surface area contributed by atoms with Crippen LogP contribution in [0.4, 0.5) is 5.95 Å². The molecule has 1 unspecified atom stereocenters. The van der Waals surface area contributed by atoms with Crippen LogP contribution in [0, 0.1) is 0 Å². The van der Waals surface area contributed by atoms with Crippen LogP contribution in [-0.4, -0.2) is 71.3 Å². The lowest BCUT2D eigenvalue weighted by Gasteiger charge is -2.25. The van der Waals surface area contributed by atoms with Gasteiger partial charge in [0, 0.05) is 45.0 Å². The van der Waals surface area contributed by atoms with E-state index in [1.165, 1.54) is 4.90 Å². The molecule has 2 aliphatic rings. The van der Waals surface area contributed by atoms with Crippen LogP contribution in [0.5, 0.6) is 0 Å².